The van der Waals surface area contributed by atoms with E-state index in [1.807, 2.05) is 0 Å². The molecule has 8 nitrogen and oxygen atoms in total. The summed E-state index contributed by atoms with van der Waals surface area (Å²) < 4.78 is 69.0. The van der Waals surface area contributed by atoms with Gasteiger partial charge in [-0.3, -0.25) is 0 Å². The molecule has 0 aliphatic carbocycles. The van der Waals surface area contributed by atoms with Gasteiger partial charge in [0, 0.05) is 27.3 Å². The van der Waals surface area contributed by atoms with Gasteiger partial charge in [-0.05, 0) is 0 Å². The van der Waals surface area contributed by atoms with Crippen molar-refractivity contribution in [2.75, 3.05) is 0 Å². The Bertz CT molecular complexity index is 208. The summed E-state index contributed by atoms with van der Waals surface area (Å²) in [6.07, 6.45) is 0. The second-order valence-corrected chi connectivity index (χ2v) is 5.48. The van der Waals surface area contributed by atoms with E-state index in [0.717, 1.165) is 0 Å². The zero-order valence-corrected chi connectivity index (χ0v) is 13.1. The summed E-state index contributed by atoms with van der Waals surface area (Å²) in [6.45, 7) is 0. The van der Waals surface area contributed by atoms with Crippen LogP contribution in [0.2, 0.25) is 0 Å². The van der Waals surface area contributed by atoms with Gasteiger partial charge in [0.2, 0.25) is 0 Å². The molecule has 4 radical (unpaired) electrons. The van der Waals surface area contributed by atoms with E-state index >= 15 is 0 Å². The Morgan fingerprint density at radius 2 is 0.636 bits per heavy atom. The van der Waals surface area contributed by atoms with E-state index in [1.165, 1.54) is 0 Å². The maximum absolute atomic E-state index is 8.63. The van der Waals surface area contributed by atoms with E-state index in [0.29, 0.717) is 0 Å². The van der Waals surface area contributed by atoms with Gasteiger partial charge in [-0.1, -0.05) is 0 Å². The first-order valence-electron chi connectivity index (χ1n) is 1.33. The molecule has 68 valence electrons. The molecule has 11 heteroatoms. The molecule has 0 rings (SSSR count). The maximum atomic E-state index is 8.63. The molecule has 0 aromatic carbocycles. The predicted molar refractivity (Wildman–Crippen MR) is 20.0 cm³/mol. The molecule has 0 bridgehead atoms. The normalized spacial score (nSPS) is 10.5. The quantitative estimate of drug-likeness (QED) is 0.252. The molecular weight excluding hydrogens is 590 g/mol. The molecule has 0 spiro atoms. The van der Waals surface area contributed by atoms with Crippen LogP contribution in [0.4, 0.5) is 0 Å². The van der Waals surface area contributed by atoms with Crippen LogP contribution in [-0.2, 0) is 12.4 Å². The van der Waals surface area contributed by atoms with E-state index in [2.05, 4.69) is 0 Å². The zero-order chi connectivity index (χ0) is 9.00. The third-order valence-electron chi connectivity index (χ3n) is 0. The van der Waals surface area contributed by atoms with Crippen molar-refractivity contribution in [1.29, 1.82) is 0 Å². The number of hydrogen-bond donors (Lipinski definition) is 0. The Morgan fingerprint density at radius 3 is 0.636 bits per heavy atom. The largest absolute Gasteiger partial charge is 0 e. The van der Waals surface area contributed by atoms with Crippen molar-refractivity contribution < 1.29 is 26.3 Å². The first-order valence-corrected chi connectivity index (χ1v) is 8.94. The Kier molecular flexibility index (Phi) is 11.7. The first-order chi connectivity index (χ1) is 4.00. The molecule has 0 aliphatic heterocycles. The van der Waals surface area contributed by atoms with Crippen LogP contribution in [0, 0.1) is 0 Å². The minimum absolute atomic E-state index is 0. The van der Waals surface area contributed by atoms with E-state index in [4.69, 9.17) is 26.3 Å². The first kappa shape index (κ1) is 18.4. The smallest absolute Gasteiger partial charge is 0 e. The molecule has 0 aromatic rings. The predicted octanol–water partition coefficient (Wildman–Crippen LogP) is -6.37. The molecule has 0 saturated carbocycles. The fourth-order valence-corrected chi connectivity index (χ4v) is 0. The van der Waals surface area contributed by atoms with E-state index in [1.54, 1.807) is 0 Å². The van der Waals surface area contributed by atoms with Gasteiger partial charge in [0.15, 0.2) is 0 Å². The van der Waals surface area contributed by atoms with Crippen LogP contribution in [0.3, 0.4) is 0 Å². The van der Waals surface area contributed by atoms with Crippen molar-refractivity contribution in [1.82, 2.24) is 0 Å². The molecule has 0 amide bonds. The van der Waals surface area contributed by atoms with E-state index < -0.39 is 37.9 Å². The summed E-state index contributed by atoms with van der Waals surface area (Å²) in [5.74, 6) is 0. The van der Waals surface area contributed by atoms with Crippen molar-refractivity contribution in [2.45, 2.75) is 0 Å². The van der Waals surface area contributed by atoms with Gasteiger partial charge in [0.25, 0.3) is 0 Å². The Hall–Kier alpha value is 1.54. The molecule has 0 aromatic heterocycles. The fraction of sp³-hybridized carbons (Fsp3) is 0. The maximum Gasteiger partial charge on any atom is 0 e. The Labute approximate surface area is 90.3 Å². The summed E-state index contributed by atoms with van der Waals surface area (Å²) >= 11 is -12.0. The van der Waals surface area contributed by atoms with Gasteiger partial charge < -0.3 is 0 Å². The summed E-state index contributed by atoms with van der Waals surface area (Å²) in [5.41, 5.74) is 0. The third kappa shape index (κ3) is 442. The van der Waals surface area contributed by atoms with Crippen molar-refractivity contribution in [2.24, 2.45) is 0 Å². The van der Waals surface area contributed by atoms with E-state index in [9.17, 15) is 0 Å². The van der Waals surface area contributed by atoms with Crippen LogP contribution in [-0.4, -0.2) is 65.2 Å². The second kappa shape index (κ2) is 6.99. The van der Waals surface area contributed by atoms with Crippen molar-refractivity contribution in [3.63, 3.8) is 0 Å². The monoisotopic (exact) mass is 596 g/mol. The van der Waals surface area contributed by atoms with Crippen molar-refractivity contribution in [3.8, 4) is 0 Å². The van der Waals surface area contributed by atoms with Crippen LogP contribution >= 0.6 is 0 Å². The molecule has 11 heavy (non-hydrogen) atoms. The van der Waals surface area contributed by atoms with Gasteiger partial charge in [-0.25, -0.2) is 0 Å². The Balaban J connectivity index is -0.000000107. The standard InChI is InChI=1S/2H2O4Te.Pb/c2*1-5(2,3)4;/h2*(H2,1,2,3,4);/p-4. The van der Waals surface area contributed by atoms with Gasteiger partial charge >= 0.3 is 64.2 Å². The SMILES string of the molecule is O=[Te](=O)([O-])[O-].O=[Te](=O)([O-])[O-].[Pb]. The van der Waals surface area contributed by atoms with Crippen LogP contribution in [0.1, 0.15) is 0 Å². The van der Waals surface area contributed by atoms with Crippen LogP contribution in [0.15, 0.2) is 0 Å². The fourth-order valence-electron chi connectivity index (χ4n) is 0. The van der Waals surface area contributed by atoms with Crippen LogP contribution < -0.4 is 13.9 Å². The Morgan fingerprint density at radius 1 is 0.636 bits per heavy atom. The van der Waals surface area contributed by atoms with Crippen LogP contribution in [0.5, 0.6) is 0 Å². The second-order valence-electron chi connectivity index (χ2n) is 0.816. The van der Waals surface area contributed by atoms with Gasteiger partial charge in [0.05, 0.1) is 0 Å². The molecule has 0 unspecified atom stereocenters. The average molecular weight is 590 g/mol. The summed E-state index contributed by atoms with van der Waals surface area (Å²) in [5, 5.41) is 0. The van der Waals surface area contributed by atoms with Crippen molar-refractivity contribution in [3.05, 3.63) is 0 Å². The summed E-state index contributed by atoms with van der Waals surface area (Å²) in [6, 6.07) is 0. The molecule has 0 saturated heterocycles. The molecular formula is O8PbTe2-4. The number of rotatable bonds is 0. The molecule has 0 fully saturated rings. The molecule has 0 atom stereocenters. The molecule has 0 N–H and O–H groups in total. The van der Waals surface area contributed by atoms with Gasteiger partial charge in [-0.15, -0.1) is 0 Å². The molecule has 0 heterocycles. The summed E-state index contributed by atoms with van der Waals surface area (Å²) in [4.78, 5) is 0. The average Bonchev–Trinajstić information content (AvgIpc) is 1.12. The van der Waals surface area contributed by atoms with Gasteiger partial charge in [-0.2, -0.15) is 0 Å². The minimum atomic E-state index is -6.02. The summed E-state index contributed by atoms with van der Waals surface area (Å²) in [7, 11) is 0. The number of hydrogen-bond acceptors (Lipinski definition) is 8. The van der Waals surface area contributed by atoms with Crippen molar-refractivity contribution >= 4 is 65.2 Å². The molecule has 0 aliphatic rings. The van der Waals surface area contributed by atoms with Gasteiger partial charge in [0.1, 0.15) is 0 Å². The van der Waals surface area contributed by atoms with Crippen LogP contribution in [0.25, 0.3) is 0 Å². The topological polar surface area (TPSA) is 161 Å². The third-order valence-corrected chi connectivity index (χ3v) is 0. The minimum Gasteiger partial charge on any atom is 0 e. The van der Waals surface area contributed by atoms with E-state index in [-0.39, 0.29) is 27.3 Å². The zero-order valence-electron chi connectivity index (χ0n) is 4.58.